The first-order valence-corrected chi connectivity index (χ1v) is 31.7. The molecule has 0 spiro atoms. The molecule has 3 aromatic rings. The maximum absolute atomic E-state index is 2.63. The Labute approximate surface area is 304 Å². The van der Waals surface area contributed by atoms with Gasteiger partial charge in [0.1, 0.15) is 0 Å². The van der Waals surface area contributed by atoms with Gasteiger partial charge in [-0.3, -0.25) is 0 Å². The van der Waals surface area contributed by atoms with E-state index in [2.05, 4.69) is 156 Å². The van der Waals surface area contributed by atoms with E-state index < -0.39 is 58.6 Å². The Balaban J connectivity index is 2.43. The van der Waals surface area contributed by atoms with Crippen LogP contribution in [0.2, 0.25) is 31.3 Å². The van der Waals surface area contributed by atoms with E-state index in [1.807, 2.05) is 13.1 Å². The predicted molar refractivity (Wildman–Crippen MR) is 218 cm³/mol. The fourth-order valence-electron chi connectivity index (χ4n) is 6.61. The van der Waals surface area contributed by atoms with Gasteiger partial charge in [0.05, 0.1) is 0 Å². The minimum absolute atomic E-state index is 0.760. The molecule has 4 heteroatoms. The molecule has 0 amide bonds. The predicted octanol–water partition coefficient (Wildman–Crippen LogP) is 8.24. The second-order valence-corrected chi connectivity index (χ2v) is 34.7. The van der Waals surface area contributed by atoms with E-state index in [0.717, 1.165) is 35.5 Å². The van der Waals surface area contributed by atoms with Crippen LogP contribution in [0.4, 0.5) is 0 Å². The SMILES string of the molecule is CC(C)C[As](CC(C)C)c1ccccc1[As](c1ccccc1[As](CC(C)C)CC(C)C)c1ccccc1[As](CC(C)C)CC(C)C. The van der Waals surface area contributed by atoms with E-state index in [9.17, 15) is 0 Å². The zero-order chi connectivity index (χ0) is 34.0. The van der Waals surface area contributed by atoms with Gasteiger partial charge in [-0.1, -0.05) is 0 Å². The van der Waals surface area contributed by atoms with Crippen LogP contribution < -0.4 is 26.1 Å². The normalized spacial score (nSPS) is 12.7. The first-order valence-electron chi connectivity index (χ1n) is 18.1. The Hall–Kier alpha value is -0.106. The van der Waals surface area contributed by atoms with E-state index in [1.54, 1.807) is 13.1 Å². The Bertz CT molecular complexity index is 1120. The summed E-state index contributed by atoms with van der Waals surface area (Å²) in [7, 11) is 0. The van der Waals surface area contributed by atoms with Crippen LogP contribution in [-0.4, -0.2) is 58.6 Å². The number of hydrogen-bond acceptors (Lipinski definition) is 0. The van der Waals surface area contributed by atoms with Gasteiger partial charge in [-0.15, -0.1) is 0 Å². The minimum atomic E-state index is -1.86. The van der Waals surface area contributed by atoms with Gasteiger partial charge in [-0.25, -0.2) is 0 Å². The van der Waals surface area contributed by atoms with Crippen LogP contribution >= 0.6 is 0 Å². The van der Waals surface area contributed by atoms with Crippen molar-refractivity contribution in [3.8, 4) is 0 Å². The molecule has 46 heavy (non-hydrogen) atoms. The third kappa shape index (κ3) is 12.3. The molecule has 0 aliphatic carbocycles. The van der Waals surface area contributed by atoms with Crippen LogP contribution in [0, 0.1) is 35.5 Å². The summed E-state index contributed by atoms with van der Waals surface area (Å²) in [5, 5.41) is 8.53. The molecule has 0 radical (unpaired) electrons. The van der Waals surface area contributed by atoms with E-state index in [0.29, 0.717) is 0 Å². The zero-order valence-corrected chi connectivity index (χ0v) is 38.9. The summed E-state index contributed by atoms with van der Waals surface area (Å²) in [6.07, 6.45) is 0. The summed E-state index contributed by atoms with van der Waals surface area (Å²) >= 11 is -5.62. The van der Waals surface area contributed by atoms with Gasteiger partial charge in [0.2, 0.25) is 0 Å². The van der Waals surface area contributed by atoms with E-state index in [4.69, 9.17) is 0 Å². The van der Waals surface area contributed by atoms with Crippen molar-refractivity contribution in [2.24, 2.45) is 35.5 Å². The monoisotopic (exact) mass is 870 g/mol. The molecule has 3 rings (SSSR count). The van der Waals surface area contributed by atoms with Crippen LogP contribution in [0.3, 0.4) is 0 Å². The fraction of sp³-hybridized carbons (Fsp3) is 0.571. The second-order valence-electron chi connectivity index (χ2n) is 15.9. The standard InChI is InChI=1S/C42H66As4/c1-31(2)25-43(26-32(3)4)37-19-13-16-22-40(37)46(41-23-17-14-20-38(41)44(27-33(5)6)28-34(7)8)42-24-18-15-21-39(42)45(29-35(9)10)30-36(11)12/h13-24,31-36H,25-30H2,1-12H3. The van der Waals surface area contributed by atoms with Crippen molar-refractivity contribution in [2.75, 3.05) is 0 Å². The van der Waals surface area contributed by atoms with Crippen molar-refractivity contribution < 1.29 is 0 Å². The van der Waals surface area contributed by atoms with Gasteiger partial charge < -0.3 is 0 Å². The molecule has 0 nitrogen and oxygen atoms in total. The molecular weight excluding hydrogens is 804 g/mol. The quantitative estimate of drug-likeness (QED) is 0.113. The molecule has 254 valence electrons. The number of hydrogen-bond donors (Lipinski definition) is 0. The third-order valence-corrected chi connectivity index (χ3v) is 37.4. The van der Waals surface area contributed by atoms with E-state index in [-0.39, 0.29) is 0 Å². The van der Waals surface area contributed by atoms with Crippen molar-refractivity contribution in [3.63, 3.8) is 0 Å². The van der Waals surface area contributed by atoms with Gasteiger partial charge in [0.15, 0.2) is 0 Å². The van der Waals surface area contributed by atoms with Gasteiger partial charge in [-0.2, -0.15) is 0 Å². The number of benzene rings is 3. The summed E-state index contributed by atoms with van der Waals surface area (Å²) in [6.45, 7) is 29.6. The van der Waals surface area contributed by atoms with Gasteiger partial charge in [0.25, 0.3) is 0 Å². The van der Waals surface area contributed by atoms with Crippen LogP contribution in [0.1, 0.15) is 83.1 Å². The summed E-state index contributed by atoms with van der Waals surface area (Å²) in [4.78, 5) is 0. The van der Waals surface area contributed by atoms with Crippen molar-refractivity contribution >= 4 is 84.7 Å². The van der Waals surface area contributed by atoms with E-state index >= 15 is 0 Å². The van der Waals surface area contributed by atoms with Crippen molar-refractivity contribution in [2.45, 2.75) is 114 Å². The molecule has 0 saturated carbocycles. The third-order valence-electron chi connectivity index (χ3n) is 7.90. The molecule has 0 fully saturated rings. The van der Waals surface area contributed by atoms with Crippen LogP contribution in [0.25, 0.3) is 0 Å². The van der Waals surface area contributed by atoms with Gasteiger partial charge in [0, 0.05) is 0 Å². The summed E-state index contributed by atoms with van der Waals surface area (Å²) < 4.78 is 10.8. The van der Waals surface area contributed by atoms with Gasteiger partial charge in [-0.05, 0) is 0 Å². The summed E-state index contributed by atoms with van der Waals surface area (Å²) in [5.74, 6) is 4.56. The molecule has 0 heterocycles. The van der Waals surface area contributed by atoms with Crippen molar-refractivity contribution in [1.82, 2.24) is 0 Å². The Morgan fingerprint density at radius 1 is 0.304 bits per heavy atom. The van der Waals surface area contributed by atoms with Gasteiger partial charge >= 0.3 is 307 Å². The zero-order valence-electron chi connectivity index (χ0n) is 31.4. The van der Waals surface area contributed by atoms with Crippen LogP contribution in [-0.2, 0) is 0 Å². The average molecular weight is 871 g/mol. The Morgan fingerprint density at radius 2 is 0.478 bits per heavy atom. The maximum atomic E-state index is 2.63. The van der Waals surface area contributed by atoms with Crippen molar-refractivity contribution in [1.29, 1.82) is 0 Å². The Kier molecular flexibility index (Phi) is 17.5. The van der Waals surface area contributed by atoms with E-state index in [1.165, 1.54) is 31.3 Å². The molecule has 0 aliphatic rings. The molecular formula is C42H66As4. The summed E-state index contributed by atoms with van der Waals surface area (Å²) in [5.41, 5.74) is 0. The van der Waals surface area contributed by atoms with Crippen molar-refractivity contribution in [3.05, 3.63) is 72.8 Å². The molecule has 0 saturated heterocycles. The first kappa shape index (κ1) is 40.3. The fourth-order valence-corrected chi connectivity index (χ4v) is 38.4. The molecule has 0 aliphatic heterocycles. The first-order chi connectivity index (χ1) is 21.8. The van der Waals surface area contributed by atoms with Crippen LogP contribution in [0.15, 0.2) is 72.8 Å². The molecule has 0 unspecified atom stereocenters. The number of rotatable bonds is 18. The summed E-state index contributed by atoms with van der Waals surface area (Å²) in [6, 6.07) is 30.1. The average Bonchev–Trinajstić information content (AvgIpc) is 2.96. The molecule has 3 aromatic carbocycles. The molecule has 0 atom stereocenters. The topological polar surface area (TPSA) is 0 Å². The molecule has 0 aromatic heterocycles. The second kappa shape index (κ2) is 19.9. The Morgan fingerprint density at radius 3 is 0.652 bits per heavy atom. The van der Waals surface area contributed by atoms with Crippen LogP contribution in [0.5, 0.6) is 0 Å². The molecule has 0 bridgehead atoms. The molecule has 0 N–H and O–H groups in total.